The summed E-state index contributed by atoms with van der Waals surface area (Å²) in [6.45, 7) is 7.00. The van der Waals surface area contributed by atoms with Gasteiger partial charge in [0.2, 0.25) is 17.5 Å². The van der Waals surface area contributed by atoms with Crippen molar-refractivity contribution in [2.45, 2.75) is 213 Å². The summed E-state index contributed by atoms with van der Waals surface area (Å²) in [5.74, 6) is -1.49. The lowest BCUT2D eigenvalue weighted by Gasteiger charge is -2.22. The fourth-order valence-electron chi connectivity index (χ4n) is 12.7. The van der Waals surface area contributed by atoms with E-state index < -0.39 is 42.1 Å². The smallest absolute Gasteiger partial charge is 0.374 e. The predicted molar refractivity (Wildman–Crippen MR) is 361 cm³/mol. The predicted octanol–water partition coefficient (Wildman–Crippen LogP) is 15.5. The van der Waals surface area contributed by atoms with Crippen LogP contribution in [-0.2, 0) is 50.1 Å². The Bertz CT molecular complexity index is 2910. The van der Waals surface area contributed by atoms with Gasteiger partial charge < -0.3 is 33.1 Å². The Morgan fingerprint density at radius 3 is 1.17 bits per heavy atom. The third-order valence-electron chi connectivity index (χ3n) is 17.4. The number of Topliss-reactive ketones (excluding diaryl/α,β-unsaturated/α-hetero) is 5. The number of ether oxygens (including phenoxy) is 1. The first-order valence-corrected chi connectivity index (χ1v) is 34.0. The van der Waals surface area contributed by atoms with Crippen LogP contribution in [0.1, 0.15) is 217 Å². The standard InChI is InChI=1S/C16H21NO4.C15H19NO4.C13H19NO.C11H15NO.C11H17N.C4H5N.CH3B.CH4S/c1-21-16(20)15(19)10-14(18)13-8-5-9-17(13)11-12-6-3-2-4-7-12;17-13(9-14(18)15(19)20)12-7-4-8-16(12)10-11-5-2-1-3-6-11;1-11(15)13-8-5-9-14(13)10-12-6-3-2-4-7-12;13-11(12-8-4-5-9-12)10-6-2-1-3-7-10;1-2-6-11(7-3-1)10-12-8-4-5-9-12;1-2-4-5-3-1;2*1-2/h5,8-9,12H,2-4,6-7,10-11H2,1H3;4,7-8,11H,1-3,5-6,9-10H2,(H,19,20);5,8-9,12H,2-4,6-7,10H2,1H3;4-5,8-10H,1-3,6-7H2;4-5,8-9,11H,1-3,6-7,10H2;1-5H;1H3;2H,1H3. The Labute approximate surface area is 542 Å². The number of hydrogen-bond donors (Lipinski definition) is 3. The maximum atomic E-state index is 12.1. The maximum absolute atomic E-state index is 12.1. The van der Waals surface area contributed by atoms with Crippen molar-refractivity contribution in [3.05, 3.63) is 146 Å². The molecule has 2 N–H and O–H groups in total. The summed E-state index contributed by atoms with van der Waals surface area (Å²) in [4.78, 5) is 94.3. The third kappa shape index (κ3) is 28.1. The van der Waals surface area contributed by atoms with E-state index in [1.54, 1.807) is 42.0 Å². The van der Waals surface area contributed by atoms with Crippen LogP contribution in [0.2, 0.25) is 6.82 Å². The fraction of sp³-hybridized carbons (Fsp3) is 0.556. The van der Waals surface area contributed by atoms with Gasteiger partial charge >= 0.3 is 11.9 Å². The summed E-state index contributed by atoms with van der Waals surface area (Å²) in [6.07, 6.45) is 50.4. The Balaban J connectivity index is 0.000000235. The van der Waals surface area contributed by atoms with E-state index in [0.29, 0.717) is 23.2 Å². The van der Waals surface area contributed by atoms with Gasteiger partial charge in [0.15, 0.2) is 17.3 Å². The van der Waals surface area contributed by atoms with E-state index in [1.807, 2.05) is 88.9 Å². The lowest BCUT2D eigenvalue weighted by molar-refractivity contribution is -0.151. The monoisotopic (exact) mass is 1250 g/mol. The van der Waals surface area contributed by atoms with Crippen LogP contribution in [0.5, 0.6) is 0 Å². The van der Waals surface area contributed by atoms with Crippen LogP contribution < -0.4 is 0 Å². The number of carbonyl (C=O) groups excluding carboxylic acids is 7. The summed E-state index contributed by atoms with van der Waals surface area (Å²) in [5, 5.41) is 8.55. The van der Waals surface area contributed by atoms with Gasteiger partial charge in [-0.3, -0.25) is 33.3 Å². The van der Waals surface area contributed by atoms with Crippen molar-refractivity contribution in [3.63, 3.8) is 0 Å². The van der Waals surface area contributed by atoms with Gasteiger partial charge in [-0.1, -0.05) is 103 Å². The van der Waals surface area contributed by atoms with E-state index in [1.165, 1.54) is 161 Å². The number of carbonyl (C=O) groups is 8. The number of methoxy groups -OCH3 is 1. The molecule has 6 heterocycles. The molecule has 11 rings (SSSR count). The lowest BCUT2D eigenvalue weighted by atomic mass is 9.88. The zero-order chi connectivity index (χ0) is 65.3. The summed E-state index contributed by atoms with van der Waals surface area (Å²) in [7, 11) is 5.64. The van der Waals surface area contributed by atoms with E-state index in [0.717, 1.165) is 57.1 Å². The molecule has 6 aromatic rings. The van der Waals surface area contributed by atoms with Crippen molar-refractivity contribution in [2.24, 2.45) is 29.6 Å². The maximum Gasteiger partial charge on any atom is 0.374 e. The number of nitrogens with one attached hydrogen (secondary N) is 1. The first-order chi connectivity index (χ1) is 43.8. The molecule has 18 heteroatoms. The van der Waals surface area contributed by atoms with Gasteiger partial charge in [0.25, 0.3) is 0 Å². The highest BCUT2D eigenvalue weighted by atomic mass is 32.1. The zero-order valence-corrected chi connectivity index (χ0v) is 55.2. The number of carboxylic acid groups (broad SMARTS) is 1. The van der Waals surface area contributed by atoms with Crippen molar-refractivity contribution in [3.8, 4) is 0 Å². The molecule has 2 radical (unpaired) electrons. The van der Waals surface area contributed by atoms with Gasteiger partial charge in [-0.15, -0.1) is 0 Å². The molecular weight excluding hydrogens is 1150 g/mol. The average molecular weight is 1260 g/mol. The lowest BCUT2D eigenvalue weighted by Crippen LogP contribution is -2.22. The number of esters is 1. The van der Waals surface area contributed by atoms with Gasteiger partial charge in [0.05, 0.1) is 44.9 Å². The molecule has 5 aliphatic carbocycles. The van der Waals surface area contributed by atoms with Crippen LogP contribution in [-0.4, -0.2) is 101 Å². The van der Waals surface area contributed by atoms with Crippen LogP contribution in [0.3, 0.4) is 0 Å². The molecule has 0 amide bonds. The molecule has 490 valence electrons. The molecule has 0 unspecified atom stereocenters. The van der Waals surface area contributed by atoms with Gasteiger partial charge in [0, 0.05) is 94.8 Å². The van der Waals surface area contributed by atoms with Gasteiger partial charge in [0.1, 0.15) is 0 Å². The fourth-order valence-corrected chi connectivity index (χ4v) is 12.7. The van der Waals surface area contributed by atoms with Crippen molar-refractivity contribution < 1.29 is 48.2 Å². The number of aliphatic carboxylic acids is 1. The number of nitrogens with zero attached hydrogens (tertiary/aromatic N) is 5. The number of carboxylic acids is 1. The Morgan fingerprint density at radius 1 is 0.467 bits per heavy atom. The summed E-state index contributed by atoms with van der Waals surface area (Å²) in [5.41, 5.74) is 1.79. The second-order valence-corrected chi connectivity index (χ2v) is 24.1. The highest BCUT2D eigenvalue weighted by molar-refractivity contribution is 7.79. The highest BCUT2D eigenvalue weighted by Gasteiger charge is 2.25. The van der Waals surface area contributed by atoms with Gasteiger partial charge in [-0.2, -0.15) is 12.6 Å². The highest BCUT2D eigenvalue weighted by Crippen LogP contribution is 2.29. The first kappa shape index (κ1) is 75.5. The quantitative estimate of drug-likeness (QED) is 0.0185. The molecule has 0 bridgehead atoms. The first-order valence-electron chi connectivity index (χ1n) is 33.1. The van der Waals surface area contributed by atoms with Crippen molar-refractivity contribution in [1.82, 2.24) is 27.8 Å². The molecular formula is C72H103BN6O10S. The van der Waals surface area contributed by atoms with E-state index in [-0.39, 0.29) is 23.4 Å². The molecule has 0 spiro atoms. The van der Waals surface area contributed by atoms with E-state index >= 15 is 0 Å². The second-order valence-electron chi connectivity index (χ2n) is 24.1. The number of H-pyrrole nitrogens is 1. The van der Waals surface area contributed by atoms with Gasteiger partial charge in [-0.25, -0.2) is 9.59 Å². The number of thiol groups is 1. The molecule has 6 aromatic heterocycles. The number of ketones is 5. The molecule has 5 aliphatic rings. The van der Waals surface area contributed by atoms with Crippen LogP contribution in [0.25, 0.3) is 0 Å². The molecule has 5 fully saturated rings. The molecule has 90 heavy (non-hydrogen) atoms. The summed E-state index contributed by atoms with van der Waals surface area (Å²) >= 11 is 3.53. The number of aromatic amines is 1. The normalized spacial score (nSPS) is 16.1. The van der Waals surface area contributed by atoms with E-state index in [2.05, 4.69) is 63.9 Å². The number of rotatable bonds is 18. The van der Waals surface area contributed by atoms with Crippen LogP contribution in [0, 0.1) is 29.6 Å². The van der Waals surface area contributed by atoms with Crippen LogP contribution in [0.15, 0.2) is 129 Å². The van der Waals surface area contributed by atoms with Gasteiger partial charge in [-0.05, 0) is 167 Å². The van der Waals surface area contributed by atoms with Crippen LogP contribution >= 0.6 is 12.6 Å². The average Bonchev–Trinajstić information content (AvgIpc) is 2.91. The third-order valence-corrected chi connectivity index (χ3v) is 17.4. The van der Waals surface area contributed by atoms with Crippen LogP contribution in [0.4, 0.5) is 0 Å². The largest absolute Gasteiger partial charge is 0.475 e. The Morgan fingerprint density at radius 2 is 0.811 bits per heavy atom. The minimum Gasteiger partial charge on any atom is -0.475 e. The number of hydrogen-bond acceptors (Lipinski definition) is 10. The molecule has 0 atom stereocenters. The Hall–Kier alpha value is -6.95. The molecule has 0 aromatic carbocycles. The number of aromatic nitrogens is 6. The van der Waals surface area contributed by atoms with Crippen molar-refractivity contribution >= 4 is 67.2 Å². The second kappa shape index (κ2) is 44.5. The zero-order valence-electron chi connectivity index (χ0n) is 54.3. The topological polar surface area (TPSA) is 206 Å². The molecule has 0 saturated heterocycles. The summed E-state index contributed by atoms with van der Waals surface area (Å²) in [6, 6.07) is 22.7. The van der Waals surface area contributed by atoms with Crippen molar-refractivity contribution in [2.75, 3.05) is 13.4 Å². The Kier molecular flexibility index (Phi) is 37.3. The van der Waals surface area contributed by atoms with E-state index in [4.69, 9.17) is 5.11 Å². The minimum absolute atomic E-state index is 0.177. The SMILES string of the molecule is CC(=O)c1cccn1CC1CCCCC1.COC(=O)C(=O)CC(=O)c1cccn1CC1CCCCC1.CS.O=C(C1CCCCC1)n1cccc1.O=C(O)C(=O)CC(=O)c1cccn1CC1CCCCC1.[B]C.c1cc[nH]c1.c1ccn(CC2CCCCC2)c1. The molecule has 0 aliphatic heterocycles. The minimum atomic E-state index is -1.55. The molecule has 5 saturated carbocycles. The summed E-state index contributed by atoms with van der Waals surface area (Å²) < 4.78 is 14.3. The van der Waals surface area contributed by atoms with E-state index in [9.17, 15) is 38.4 Å². The molecule has 16 nitrogen and oxygen atoms in total. The van der Waals surface area contributed by atoms with Crippen molar-refractivity contribution in [1.29, 1.82) is 0 Å².